The molecule has 0 heterocycles. The monoisotopic (exact) mass is 332 g/mol. The van der Waals surface area contributed by atoms with Gasteiger partial charge >= 0.3 is 14.6 Å². The summed E-state index contributed by atoms with van der Waals surface area (Å²) < 4.78 is 45.6. The zero-order valence-electron chi connectivity index (χ0n) is 12.2. The van der Waals surface area contributed by atoms with Crippen LogP contribution in [0.3, 0.4) is 0 Å². The highest BCUT2D eigenvalue weighted by atomic mass is 35.5. The van der Waals surface area contributed by atoms with Gasteiger partial charge in [-0.2, -0.15) is 8.78 Å². The number of halogens is 3. The van der Waals surface area contributed by atoms with Crippen LogP contribution in [-0.4, -0.2) is 41.6 Å². The quantitative estimate of drug-likeness (QED) is 0.309. The first kappa shape index (κ1) is 19.8. The molecule has 0 aromatic heterocycles. The van der Waals surface area contributed by atoms with E-state index in [0.717, 1.165) is 12.5 Å². The fourth-order valence-corrected chi connectivity index (χ4v) is 4.07. The Bertz CT molecular complexity index is 283. The number of ether oxygens (including phenoxy) is 2. The van der Waals surface area contributed by atoms with Gasteiger partial charge in [0, 0.05) is 19.8 Å². The Morgan fingerprint density at radius 2 is 1.65 bits per heavy atom. The molecule has 20 heavy (non-hydrogen) atoms. The summed E-state index contributed by atoms with van der Waals surface area (Å²) in [6.45, 7) is 7.73. The normalized spacial score (nSPS) is 13.3. The minimum absolute atomic E-state index is 0.0857. The standard InChI is InChI=1S/C12H23ClF2O4Si/c1-4-18-20(3,19-5-2)10-6-7-16-8-9-17-12(15)11(13)14/h4-10H2,1-3H3. The Balaban J connectivity index is 3.67. The van der Waals surface area contributed by atoms with Crippen molar-refractivity contribution >= 4 is 20.2 Å². The van der Waals surface area contributed by atoms with Crippen molar-refractivity contribution in [2.45, 2.75) is 32.9 Å². The fraction of sp³-hybridized carbons (Fsp3) is 0.833. The van der Waals surface area contributed by atoms with Gasteiger partial charge in [-0.1, -0.05) is 0 Å². The lowest BCUT2D eigenvalue weighted by atomic mass is 10.5. The topological polar surface area (TPSA) is 36.9 Å². The van der Waals surface area contributed by atoms with Crippen LogP contribution >= 0.6 is 11.6 Å². The Kier molecular flexibility index (Phi) is 11.3. The number of hydrogen-bond donors (Lipinski definition) is 0. The first-order valence-electron chi connectivity index (χ1n) is 6.64. The van der Waals surface area contributed by atoms with E-state index < -0.39 is 19.9 Å². The first-order chi connectivity index (χ1) is 9.45. The van der Waals surface area contributed by atoms with Gasteiger partial charge in [0.2, 0.25) is 0 Å². The van der Waals surface area contributed by atoms with Crippen LogP contribution in [0.15, 0.2) is 11.3 Å². The van der Waals surface area contributed by atoms with E-state index in [1.807, 2.05) is 20.4 Å². The second-order valence-electron chi connectivity index (χ2n) is 4.10. The van der Waals surface area contributed by atoms with Gasteiger partial charge in [0.05, 0.1) is 6.61 Å². The summed E-state index contributed by atoms with van der Waals surface area (Å²) in [6, 6.07) is -0.594. The molecule has 0 amide bonds. The minimum atomic E-state index is -2.10. The van der Waals surface area contributed by atoms with Crippen LogP contribution in [0, 0.1) is 0 Å². The van der Waals surface area contributed by atoms with Gasteiger partial charge < -0.3 is 18.3 Å². The maximum Gasteiger partial charge on any atom is 0.334 e. The maximum absolute atomic E-state index is 12.5. The highest BCUT2D eigenvalue weighted by Crippen LogP contribution is 2.16. The molecule has 120 valence electrons. The minimum Gasteiger partial charge on any atom is -0.466 e. The largest absolute Gasteiger partial charge is 0.466 e. The van der Waals surface area contributed by atoms with Gasteiger partial charge in [-0.15, -0.1) is 0 Å². The Labute approximate surface area is 125 Å². The molecule has 0 unspecified atom stereocenters. The van der Waals surface area contributed by atoms with E-state index in [1.54, 1.807) is 0 Å². The third-order valence-corrected chi connectivity index (χ3v) is 5.63. The maximum atomic E-state index is 12.5. The number of rotatable bonds is 12. The summed E-state index contributed by atoms with van der Waals surface area (Å²) in [6.07, 6.45) is 0.783. The van der Waals surface area contributed by atoms with Gasteiger partial charge in [0.15, 0.2) is 0 Å². The van der Waals surface area contributed by atoms with Crippen molar-refractivity contribution in [2.24, 2.45) is 0 Å². The summed E-state index contributed by atoms with van der Waals surface area (Å²) in [5.74, 6) is 0. The van der Waals surface area contributed by atoms with E-state index in [1.165, 1.54) is 0 Å². The molecule has 0 aliphatic heterocycles. The average molecular weight is 333 g/mol. The molecule has 0 atom stereocenters. The molecule has 8 heteroatoms. The molecule has 0 spiro atoms. The molecule has 0 aromatic carbocycles. The molecule has 0 rings (SSSR count). The lowest BCUT2D eigenvalue weighted by molar-refractivity contribution is 0.0526. The molecule has 0 aliphatic carbocycles. The Hall–Kier alpha value is -0.213. The van der Waals surface area contributed by atoms with E-state index in [2.05, 4.69) is 4.74 Å². The second-order valence-corrected chi connectivity index (χ2v) is 7.78. The summed E-state index contributed by atoms with van der Waals surface area (Å²) >= 11 is 4.75. The zero-order chi connectivity index (χ0) is 15.4. The second kappa shape index (κ2) is 11.4. The molecule has 0 aromatic rings. The zero-order valence-corrected chi connectivity index (χ0v) is 14.0. The summed E-state index contributed by atoms with van der Waals surface area (Å²) in [5.41, 5.74) is 0. The van der Waals surface area contributed by atoms with Crippen LogP contribution < -0.4 is 0 Å². The predicted octanol–water partition coefficient (Wildman–Crippen LogP) is 3.86. The molecule has 4 nitrogen and oxygen atoms in total. The molecular formula is C12H23ClF2O4Si. The Morgan fingerprint density at radius 3 is 2.15 bits per heavy atom. The van der Waals surface area contributed by atoms with Gasteiger partial charge in [0.1, 0.15) is 6.61 Å². The van der Waals surface area contributed by atoms with Crippen molar-refractivity contribution in [1.29, 1.82) is 0 Å². The summed E-state index contributed by atoms with van der Waals surface area (Å²) in [4.78, 5) is 0. The van der Waals surface area contributed by atoms with Gasteiger partial charge in [-0.05, 0) is 44.5 Å². The third kappa shape index (κ3) is 9.65. The lowest BCUT2D eigenvalue weighted by Gasteiger charge is -2.25. The van der Waals surface area contributed by atoms with Crippen LogP contribution in [0.4, 0.5) is 8.78 Å². The predicted molar refractivity (Wildman–Crippen MR) is 76.2 cm³/mol. The summed E-state index contributed by atoms with van der Waals surface area (Å²) in [5, 5.41) is -1.49. The third-order valence-electron chi connectivity index (χ3n) is 2.42. The van der Waals surface area contributed by atoms with Gasteiger partial charge in [-0.3, -0.25) is 0 Å². The molecule has 0 fully saturated rings. The van der Waals surface area contributed by atoms with Crippen molar-refractivity contribution in [3.63, 3.8) is 0 Å². The van der Waals surface area contributed by atoms with E-state index in [9.17, 15) is 8.78 Å². The van der Waals surface area contributed by atoms with Crippen molar-refractivity contribution in [3.05, 3.63) is 11.3 Å². The van der Waals surface area contributed by atoms with E-state index in [4.69, 9.17) is 25.2 Å². The lowest BCUT2D eigenvalue weighted by Crippen LogP contribution is -2.38. The molecule has 0 bridgehead atoms. The Morgan fingerprint density at radius 1 is 1.05 bits per heavy atom. The van der Waals surface area contributed by atoms with E-state index >= 15 is 0 Å². The highest BCUT2D eigenvalue weighted by molar-refractivity contribution is 6.66. The molecule has 0 radical (unpaired) electrons. The van der Waals surface area contributed by atoms with E-state index in [0.29, 0.717) is 19.8 Å². The van der Waals surface area contributed by atoms with Crippen molar-refractivity contribution in [2.75, 3.05) is 33.0 Å². The molecule has 0 saturated heterocycles. The molecule has 0 saturated carbocycles. The van der Waals surface area contributed by atoms with Crippen molar-refractivity contribution in [3.8, 4) is 0 Å². The van der Waals surface area contributed by atoms with Crippen molar-refractivity contribution < 1.29 is 27.1 Å². The van der Waals surface area contributed by atoms with Gasteiger partial charge in [-0.25, -0.2) is 0 Å². The van der Waals surface area contributed by atoms with Crippen LogP contribution in [0.25, 0.3) is 0 Å². The molecule has 0 N–H and O–H groups in total. The van der Waals surface area contributed by atoms with Crippen LogP contribution in [0.2, 0.25) is 12.6 Å². The average Bonchev–Trinajstić information content (AvgIpc) is 2.37. The molecule has 0 aliphatic rings. The van der Waals surface area contributed by atoms with Crippen LogP contribution in [0.5, 0.6) is 0 Å². The highest BCUT2D eigenvalue weighted by Gasteiger charge is 2.29. The molecular weight excluding hydrogens is 310 g/mol. The van der Waals surface area contributed by atoms with Crippen LogP contribution in [0.1, 0.15) is 20.3 Å². The smallest absolute Gasteiger partial charge is 0.334 e. The van der Waals surface area contributed by atoms with Gasteiger partial charge in [0.25, 0.3) is 5.29 Å². The summed E-state index contributed by atoms with van der Waals surface area (Å²) in [7, 11) is -2.10. The van der Waals surface area contributed by atoms with Crippen molar-refractivity contribution in [1.82, 2.24) is 0 Å². The SMILES string of the molecule is CCO[Si](C)(CCCOCCOC(F)=C(F)Cl)OCC. The first-order valence-corrected chi connectivity index (χ1v) is 9.54. The number of hydrogen-bond acceptors (Lipinski definition) is 4. The fourth-order valence-electron chi connectivity index (χ4n) is 1.64. The van der Waals surface area contributed by atoms with E-state index in [-0.39, 0.29) is 13.2 Å². The van der Waals surface area contributed by atoms with Crippen LogP contribution in [-0.2, 0) is 18.3 Å².